The summed E-state index contributed by atoms with van der Waals surface area (Å²) in [7, 11) is 0. The van der Waals surface area contributed by atoms with Crippen molar-refractivity contribution in [3.05, 3.63) is 105 Å². The molecule has 0 radical (unpaired) electrons. The zero-order valence-corrected chi connectivity index (χ0v) is 17.8. The highest BCUT2D eigenvalue weighted by atomic mass is 35.5. The Kier molecular flexibility index (Phi) is 5.86. The van der Waals surface area contributed by atoms with E-state index < -0.39 is 17.6 Å². The van der Waals surface area contributed by atoms with Gasteiger partial charge in [-0.05, 0) is 52.8 Å². The van der Waals surface area contributed by atoms with Gasteiger partial charge in [-0.15, -0.1) is 0 Å². The summed E-state index contributed by atoms with van der Waals surface area (Å²) in [6.45, 7) is 0. The Morgan fingerprint density at radius 2 is 1.52 bits per heavy atom. The number of para-hydroxylation sites is 1. The standard InChI is InChI=1S/C23H17Cl2F2NS/c1-29-12-13-3-2-4-16-19(11-28-23(13)16)22(17-7-5-14(24)9-20(17)26)18-8-6-15(25)10-21(18)27/h2-11,22,28H,12H2,1H3. The van der Waals surface area contributed by atoms with E-state index in [0.29, 0.717) is 21.2 Å². The lowest BCUT2D eigenvalue weighted by molar-refractivity contribution is 0.587. The predicted octanol–water partition coefficient (Wildman–Crippen LogP) is 7.80. The number of hydrogen-bond donors (Lipinski definition) is 1. The van der Waals surface area contributed by atoms with E-state index in [1.807, 2.05) is 24.6 Å². The smallest absolute Gasteiger partial charge is 0.128 e. The largest absolute Gasteiger partial charge is 0.361 e. The minimum Gasteiger partial charge on any atom is -0.361 e. The molecule has 0 unspecified atom stereocenters. The van der Waals surface area contributed by atoms with Crippen LogP contribution in [0.1, 0.15) is 28.2 Å². The fraction of sp³-hybridized carbons (Fsp3) is 0.130. The molecule has 0 saturated heterocycles. The summed E-state index contributed by atoms with van der Waals surface area (Å²) in [6, 6.07) is 15.0. The second kappa shape index (κ2) is 8.39. The maximum absolute atomic E-state index is 14.9. The summed E-state index contributed by atoms with van der Waals surface area (Å²) in [5, 5.41) is 1.52. The van der Waals surface area contributed by atoms with Crippen molar-refractivity contribution >= 4 is 45.9 Å². The third-order valence-corrected chi connectivity index (χ3v) is 6.06. The lowest BCUT2D eigenvalue weighted by Gasteiger charge is -2.20. The minimum absolute atomic E-state index is 0.294. The zero-order valence-electron chi connectivity index (χ0n) is 15.5. The van der Waals surface area contributed by atoms with Gasteiger partial charge in [0.05, 0.1) is 0 Å². The van der Waals surface area contributed by atoms with Gasteiger partial charge < -0.3 is 4.98 Å². The van der Waals surface area contributed by atoms with Crippen molar-refractivity contribution in [1.82, 2.24) is 4.98 Å². The normalized spacial score (nSPS) is 11.5. The first-order valence-corrected chi connectivity index (χ1v) is 11.1. The maximum atomic E-state index is 14.9. The van der Waals surface area contributed by atoms with E-state index in [9.17, 15) is 8.78 Å². The Bertz CT molecular complexity index is 1140. The van der Waals surface area contributed by atoms with Crippen LogP contribution >= 0.6 is 35.0 Å². The molecule has 1 N–H and O–H groups in total. The average Bonchev–Trinajstić information content (AvgIpc) is 3.10. The number of nitrogens with one attached hydrogen (secondary N) is 1. The third kappa shape index (κ3) is 3.89. The minimum atomic E-state index is -0.650. The highest BCUT2D eigenvalue weighted by Gasteiger charge is 2.26. The number of halogens is 4. The number of aromatic amines is 1. The number of aromatic nitrogens is 1. The Balaban J connectivity index is 1.98. The molecule has 0 fully saturated rings. The van der Waals surface area contributed by atoms with Crippen molar-refractivity contribution in [3.8, 4) is 0 Å². The number of thioether (sulfide) groups is 1. The van der Waals surface area contributed by atoms with Crippen LogP contribution in [-0.4, -0.2) is 11.2 Å². The van der Waals surface area contributed by atoms with Gasteiger partial charge in [0.25, 0.3) is 0 Å². The van der Waals surface area contributed by atoms with Crippen molar-refractivity contribution in [2.45, 2.75) is 11.7 Å². The molecule has 0 atom stereocenters. The molecule has 1 nitrogen and oxygen atoms in total. The third-order valence-electron chi connectivity index (χ3n) is 4.99. The molecule has 0 aliphatic carbocycles. The molecule has 4 rings (SSSR count). The Morgan fingerprint density at radius 1 is 0.897 bits per heavy atom. The topological polar surface area (TPSA) is 15.8 Å². The highest BCUT2D eigenvalue weighted by molar-refractivity contribution is 7.97. The highest BCUT2D eigenvalue weighted by Crippen LogP contribution is 2.40. The maximum Gasteiger partial charge on any atom is 0.128 e. The van der Waals surface area contributed by atoms with Crippen molar-refractivity contribution < 1.29 is 8.78 Å². The van der Waals surface area contributed by atoms with E-state index in [0.717, 1.165) is 27.8 Å². The van der Waals surface area contributed by atoms with Crippen molar-refractivity contribution in [2.24, 2.45) is 0 Å². The van der Waals surface area contributed by atoms with E-state index in [1.54, 1.807) is 36.0 Å². The summed E-state index contributed by atoms with van der Waals surface area (Å²) >= 11 is 13.6. The molecule has 0 aliphatic rings. The fourth-order valence-electron chi connectivity index (χ4n) is 3.73. The SMILES string of the molecule is CSCc1cccc2c(C(c3ccc(Cl)cc3F)c3ccc(Cl)cc3F)c[nH]c12. The van der Waals surface area contributed by atoms with Gasteiger partial charge in [0.2, 0.25) is 0 Å². The van der Waals surface area contributed by atoms with Crippen molar-refractivity contribution in [2.75, 3.05) is 6.26 Å². The first-order chi connectivity index (χ1) is 14.0. The molecule has 3 aromatic carbocycles. The Morgan fingerprint density at radius 3 is 2.07 bits per heavy atom. The molecule has 148 valence electrons. The van der Waals surface area contributed by atoms with Crippen LogP contribution in [0.4, 0.5) is 8.78 Å². The molecule has 4 aromatic rings. The van der Waals surface area contributed by atoms with Gasteiger partial charge in [-0.3, -0.25) is 0 Å². The number of rotatable bonds is 5. The van der Waals surface area contributed by atoms with Gasteiger partial charge in [-0.2, -0.15) is 11.8 Å². The van der Waals surface area contributed by atoms with E-state index in [2.05, 4.69) is 11.1 Å². The van der Waals surface area contributed by atoms with Crippen molar-refractivity contribution in [3.63, 3.8) is 0 Å². The second-order valence-electron chi connectivity index (χ2n) is 6.78. The molecule has 0 spiro atoms. The van der Waals surface area contributed by atoms with Crippen molar-refractivity contribution in [1.29, 1.82) is 0 Å². The lowest BCUT2D eigenvalue weighted by atomic mass is 9.84. The van der Waals surface area contributed by atoms with E-state index >= 15 is 0 Å². The second-order valence-corrected chi connectivity index (χ2v) is 8.52. The summed E-state index contributed by atoms with van der Waals surface area (Å²) in [5.74, 6) is -0.771. The van der Waals surface area contributed by atoms with Gasteiger partial charge in [0.15, 0.2) is 0 Å². The predicted molar refractivity (Wildman–Crippen MR) is 119 cm³/mol. The molecule has 0 saturated carbocycles. The van der Waals surface area contributed by atoms with E-state index in [1.165, 1.54) is 12.1 Å². The van der Waals surface area contributed by atoms with Crippen LogP contribution in [-0.2, 0) is 5.75 Å². The first kappa shape index (κ1) is 20.3. The molecular formula is C23H17Cl2F2NS. The van der Waals surface area contributed by atoms with E-state index in [-0.39, 0.29) is 0 Å². The molecule has 0 aliphatic heterocycles. The molecular weight excluding hydrogens is 431 g/mol. The van der Waals surface area contributed by atoms with Crippen LogP contribution in [0.5, 0.6) is 0 Å². The van der Waals surface area contributed by atoms with Gasteiger partial charge in [-0.1, -0.05) is 53.5 Å². The Hall–Kier alpha value is -2.01. The van der Waals surface area contributed by atoms with Crippen LogP contribution in [0.3, 0.4) is 0 Å². The van der Waals surface area contributed by atoms with Crippen LogP contribution in [0.15, 0.2) is 60.8 Å². The summed E-state index contributed by atoms with van der Waals surface area (Å²) in [5.41, 5.74) is 3.63. The summed E-state index contributed by atoms with van der Waals surface area (Å²) in [4.78, 5) is 3.31. The first-order valence-electron chi connectivity index (χ1n) is 8.97. The summed E-state index contributed by atoms with van der Waals surface area (Å²) in [6.07, 6.45) is 3.87. The number of hydrogen-bond acceptors (Lipinski definition) is 1. The molecule has 6 heteroatoms. The van der Waals surface area contributed by atoms with Crippen LogP contribution in [0.2, 0.25) is 10.0 Å². The zero-order chi connectivity index (χ0) is 20.5. The molecule has 1 heterocycles. The molecule has 29 heavy (non-hydrogen) atoms. The summed E-state index contributed by atoms with van der Waals surface area (Å²) < 4.78 is 29.9. The van der Waals surface area contributed by atoms with Gasteiger partial charge in [0, 0.05) is 38.8 Å². The quantitative estimate of drug-likeness (QED) is 0.329. The molecule has 1 aromatic heterocycles. The number of fused-ring (bicyclic) bond motifs is 1. The average molecular weight is 448 g/mol. The molecule has 0 amide bonds. The van der Waals surface area contributed by atoms with Gasteiger partial charge in [-0.25, -0.2) is 8.78 Å². The van der Waals surface area contributed by atoms with Gasteiger partial charge >= 0.3 is 0 Å². The fourth-order valence-corrected chi connectivity index (χ4v) is 4.60. The molecule has 0 bridgehead atoms. The number of H-pyrrole nitrogens is 1. The van der Waals surface area contributed by atoms with E-state index in [4.69, 9.17) is 23.2 Å². The monoisotopic (exact) mass is 447 g/mol. The Labute approximate surface area is 182 Å². The van der Waals surface area contributed by atoms with Crippen LogP contribution in [0, 0.1) is 11.6 Å². The van der Waals surface area contributed by atoms with Gasteiger partial charge in [0.1, 0.15) is 11.6 Å². The van der Waals surface area contributed by atoms with Crippen LogP contribution < -0.4 is 0 Å². The van der Waals surface area contributed by atoms with Crippen LogP contribution in [0.25, 0.3) is 10.9 Å². The lowest BCUT2D eigenvalue weighted by Crippen LogP contribution is -2.08. The number of benzene rings is 3.